The first-order valence-corrected chi connectivity index (χ1v) is 8.99. The number of aliphatic carboxylic acids is 1. The van der Waals surface area contributed by atoms with Crippen LogP contribution in [0.5, 0.6) is 0 Å². The molecule has 154 valence electrons. The number of carbonyl (C=O) groups is 4. The summed E-state index contributed by atoms with van der Waals surface area (Å²) in [5, 5.41) is 17.9. The van der Waals surface area contributed by atoms with Crippen molar-refractivity contribution in [3.63, 3.8) is 0 Å². The highest BCUT2D eigenvalue weighted by molar-refractivity contribution is 5.91. The molecule has 9 nitrogen and oxygen atoms in total. The minimum atomic E-state index is -1.43. The van der Waals surface area contributed by atoms with Crippen LogP contribution >= 0.6 is 0 Å². The Bertz CT molecular complexity index is 680. The van der Waals surface area contributed by atoms with Gasteiger partial charge < -0.3 is 30.6 Å². The lowest BCUT2D eigenvalue weighted by Gasteiger charge is -2.25. The van der Waals surface area contributed by atoms with Crippen LogP contribution < -0.4 is 21.1 Å². The van der Waals surface area contributed by atoms with E-state index < -0.39 is 36.0 Å². The number of hydrogen-bond acceptors (Lipinski definition) is 6. The largest absolute Gasteiger partial charge is 0.548 e. The molecule has 0 unspecified atom stereocenters. The monoisotopic (exact) mass is 392 g/mol. The molecule has 0 spiro atoms. The van der Waals surface area contributed by atoms with E-state index in [4.69, 9.17) is 4.74 Å². The maximum Gasteiger partial charge on any atom is 0.407 e. The molecule has 0 saturated heterocycles. The molecule has 28 heavy (non-hydrogen) atoms. The highest BCUT2D eigenvalue weighted by Crippen LogP contribution is 2.08. The van der Waals surface area contributed by atoms with E-state index in [-0.39, 0.29) is 19.1 Å². The maximum absolute atomic E-state index is 12.3. The standard InChI is InChI=1S/C19H27N3O6/c1-4-12(2)16(17(24)21-13(3)18(25)26)22-15(23)10-20-19(27)28-11-14-8-6-5-7-9-14/h5-9,12-13,16H,4,10-11H2,1-3H3,(H,20,27)(H,21,24)(H,22,23)(H,25,26)/p-1/t12-,13-,16-/m0/s1. The van der Waals surface area contributed by atoms with Gasteiger partial charge in [0.2, 0.25) is 11.8 Å². The molecular weight excluding hydrogens is 366 g/mol. The summed E-state index contributed by atoms with van der Waals surface area (Å²) >= 11 is 0. The van der Waals surface area contributed by atoms with Gasteiger partial charge in [0.15, 0.2) is 0 Å². The van der Waals surface area contributed by atoms with Gasteiger partial charge in [0.05, 0.1) is 12.0 Å². The molecule has 0 bridgehead atoms. The van der Waals surface area contributed by atoms with Gasteiger partial charge in [0.25, 0.3) is 0 Å². The van der Waals surface area contributed by atoms with Crippen molar-refractivity contribution in [3.05, 3.63) is 35.9 Å². The number of carboxylic acid groups (broad SMARTS) is 1. The Hall–Kier alpha value is -3.10. The number of ether oxygens (including phenoxy) is 1. The maximum atomic E-state index is 12.3. The predicted octanol–water partition coefficient (Wildman–Crippen LogP) is -0.302. The summed E-state index contributed by atoms with van der Waals surface area (Å²) in [6, 6.07) is 6.91. The molecule has 3 N–H and O–H groups in total. The normalized spacial score (nSPS) is 13.5. The highest BCUT2D eigenvalue weighted by atomic mass is 16.5. The van der Waals surface area contributed by atoms with Crippen LogP contribution in [0.3, 0.4) is 0 Å². The Morgan fingerprint density at radius 1 is 1.07 bits per heavy atom. The number of nitrogens with one attached hydrogen (secondary N) is 3. The van der Waals surface area contributed by atoms with Crippen molar-refractivity contribution in [2.24, 2.45) is 5.92 Å². The molecular formula is C19H26N3O6-. The SMILES string of the molecule is CC[C@H](C)[C@H](NC(=O)CNC(=O)OCc1ccccc1)C(=O)N[C@@H](C)C(=O)[O-]. The van der Waals surface area contributed by atoms with E-state index in [2.05, 4.69) is 16.0 Å². The van der Waals surface area contributed by atoms with E-state index in [0.717, 1.165) is 5.56 Å². The van der Waals surface area contributed by atoms with Crippen LogP contribution in [0.15, 0.2) is 30.3 Å². The summed E-state index contributed by atoms with van der Waals surface area (Å²) in [5.41, 5.74) is 0.803. The average molecular weight is 392 g/mol. The Morgan fingerprint density at radius 3 is 2.29 bits per heavy atom. The van der Waals surface area contributed by atoms with Gasteiger partial charge in [-0.1, -0.05) is 50.6 Å². The topological polar surface area (TPSA) is 137 Å². The molecule has 1 aromatic rings. The summed E-state index contributed by atoms with van der Waals surface area (Å²) in [4.78, 5) is 46.8. The van der Waals surface area contributed by atoms with E-state index >= 15 is 0 Å². The summed E-state index contributed by atoms with van der Waals surface area (Å²) in [6.07, 6.45) is -0.195. The van der Waals surface area contributed by atoms with Crippen LogP contribution in [0.2, 0.25) is 0 Å². The Kier molecular flexibility index (Phi) is 9.49. The third kappa shape index (κ3) is 8.07. The fourth-order valence-electron chi connectivity index (χ4n) is 2.22. The summed E-state index contributed by atoms with van der Waals surface area (Å²) in [7, 11) is 0. The molecule has 1 aromatic carbocycles. The van der Waals surface area contributed by atoms with Crippen molar-refractivity contribution in [2.75, 3.05) is 6.54 Å². The zero-order valence-corrected chi connectivity index (χ0v) is 16.2. The van der Waals surface area contributed by atoms with Crippen molar-refractivity contribution < 1.29 is 29.0 Å². The average Bonchev–Trinajstić information content (AvgIpc) is 2.68. The third-order valence-corrected chi connectivity index (χ3v) is 4.13. The van der Waals surface area contributed by atoms with Crippen molar-refractivity contribution in [1.82, 2.24) is 16.0 Å². The van der Waals surface area contributed by atoms with Gasteiger partial charge in [0, 0.05) is 0 Å². The predicted molar refractivity (Wildman–Crippen MR) is 98.6 cm³/mol. The molecule has 0 saturated carbocycles. The zero-order valence-electron chi connectivity index (χ0n) is 16.2. The zero-order chi connectivity index (χ0) is 21.1. The lowest BCUT2D eigenvalue weighted by atomic mass is 9.98. The third-order valence-electron chi connectivity index (χ3n) is 4.13. The molecule has 3 atom stereocenters. The minimum Gasteiger partial charge on any atom is -0.548 e. The molecule has 3 amide bonds. The van der Waals surface area contributed by atoms with Gasteiger partial charge in [-0.2, -0.15) is 0 Å². The summed E-state index contributed by atoms with van der Waals surface area (Å²) in [5.74, 6) is -2.90. The van der Waals surface area contributed by atoms with E-state index in [9.17, 15) is 24.3 Å². The van der Waals surface area contributed by atoms with E-state index in [1.165, 1.54) is 6.92 Å². The molecule has 0 aliphatic rings. The molecule has 0 aliphatic heterocycles. The Morgan fingerprint density at radius 2 is 1.71 bits per heavy atom. The smallest absolute Gasteiger partial charge is 0.407 e. The fraction of sp³-hybridized carbons (Fsp3) is 0.474. The quantitative estimate of drug-likeness (QED) is 0.500. The highest BCUT2D eigenvalue weighted by Gasteiger charge is 2.27. The van der Waals surface area contributed by atoms with Crippen LogP contribution in [0.25, 0.3) is 0 Å². The molecule has 9 heteroatoms. The molecule has 0 aliphatic carbocycles. The van der Waals surface area contributed by atoms with Gasteiger partial charge in [-0.25, -0.2) is 4.79 Å². The fourth-order valence-corrected chi connectivity index (χ4v) is 2.22. The summed E-state index contributed by atoms with van der Waals surface area (Å²) < 4.78 is 5.00. The molecule has 1 rings (SSSR count). The first kappa shape index (κ1) is 22.9. The van der Waals surface area contributed by atoms with Crippen molar-refractivity contribution in [2.45, 2.75) is 45.9 Å². The van der Waals surface area contributed by atoms with Gasteiger partial charge in [-0.3, -0.25) is 9.59 Å². The Labute approximate surface area is 163 Å². The van der Waals surface area contributed by atoms with Crippen LogP contribution in [-0.2, 0) is 25.7 Å². The summed E-state index contributed by atoms with van der Waals surface area (Å²) in [6.45, 7) is 4.53. The first-order chi connectivity index (χ1) is 13.2. The minimum absolute atomic E-state index is 0.0628. The molecule has 0 heterocycles. The number of hydrogen-bond donors (Lipinski definition) is 3. The van der Waals surface area contributed by atoms with Gasteiger partial charge in [-0.15, -0.1) is 0 Å². The number of carboxylic acids is 1. The van der Waals surface area contributed by atoms with Gasteiger partial charge in [0.1, 0.15) is 19.2 Å². The Balaban J connectivity index is 2.50. The number of alkyl carbamates (subject to hydrolysis) is 1. The molecule has 0 aromatic heterocycles. The number of amides is 3. The van der Waals surface area contributed by atoms with Crippen molar-refractivity contribution in [1.29, 1.82) is 0 Å². The van der Waals surface area contributed by atoms with Crippen molar-refractivity contribution >= 4 is 23.9 Å². The van der Waals surface area contributed by atoms with Crippen LogP contribution in [0.1, 0.15) is 32.8 Å². The number of carbonyl (C=O) groups excluding carboxylic acids is 4. The second-order valence-electron chi connectivity index (χ2n) is 6.40. The first-order valence-electron chi connectivity index (χ1n) is 8.99. The number of benzene rings is 1. The lowest BCUT2D eigenvalue weighted by molar-refractivity contribution is -0.307. The molecule has 0 radical (unpaired) electrons. The van der Waals surface area contributed by atoms with Crippen LogP contribution in [-0.4, -0.2) is 42.5 Å². The molecule has 0 fully saturated rings. The second kappa shape index (κ2) is 11.6. The van der Waals surface area contributed by atoms with E-state index in [0.29, 0.717) is 6.42 Å². The van der Waals surface area contributed by atoms with E-state index in [1.807, 2.05) is 25.1 Å². The van der Waals surface area contributed by atoms with Crippen LogP contribution in [0, 0.1) is 5.92 Å². The lowest BCUT2D eigenvalue weighted by Crippen LogP contribution is -2.56. The van der Waals surface area contributed by atoms with Gasteiger partial charge in [-0.05, 0) is 18.4 Å². The second-order valence-corrected chi connectivity index (χ2v) is 6.40. The van der Waals surface area contributed by atoms with Crippen molar-refractivity contribution in [3.8, 4) is 0 Å². The van der Waals surface area contributed by atoms with Crippen LogP contribution in [0.4, 0.5) is 4.79 Å². The number of rotatable bonds is 10. The van der Waals surface area contributed by atoms with Gasteiger partial charge >= 0.3 is 6.09 Å². The van der Waals surface area contributed by atoms with E-state index in [1.54, 1.807) is 19.1 Å².